The molecule has 1 aromatic carbocycles. The molecule has 0 aliphatic rings. The first-order valence-corrected chi connectivity index (χ1v) is 6.22. The van der Waals surface area contributed by atoms with Crippen molar-refractivity contribution in [1.82, 2.24) is 15.0 Å². The number of aliphatic hydroxyl groups is 1. The fraction of sp³-hybridized carbons (Fsp3) is 0.308. The van der Waals surface area contributed by atoms with E-state index in [9.17, 15) is 9.18 Å². The highest BCUT2D eigenvalue weighted by Crippen LogP contribution is 2.09. The van der Waals surface area contributed by atoms with Crippen molar-refractivity contribution in [2.45, 2.75) is 19.4 Å². The molecule has 0 atom stereocenters. The van der Waals surface area contributed by atoms with Crippen LogP contribution in [0, 0.1) is 5.82 Å². The molecule has 0 aliphatic heterocycles. The number of halogens is 1. The van der Waals surface area contributed by atoms with Gasteiger partial charge in [0, 0.05) is 31.3 Å². The van der Waals surface area contributed by atoms with Crippen LogP contribution in [-0.4, -0.2) is 32.6 Å². The fourth-order valence-electron chi connectivity index (χ4n) is 1.68. The number of amides is 1. The van der Waals surface area contributed by atoms with Crippen molar-refractivity contribution in [2.75, 3.05) is 11.9 Å². The van der Waals surface area contributed by atoms with Gasteiger partial charge in [-0.2, -0.15) is 0 Å². The highest BCUT2D eigenvalue weighted by Gasteiger charge is 2.05. The molecule has 1 heterocycles. The van der Waals surface area contributed by atoms with Crippen molar-refractivity contribution >= 4 is 11.6 Å². The lowest BCUT2D eigenvalue weighted by molar-refractivity contribution is -0.116. The van der Waals surface area contributed by atoms with Crippen LogP contribution in [0.4, 0.5) is 10.1 Å². The number of aromatic nitrogens is 3. The van der Waals surface area contributed by atoms with E-state index in [2.05, 4.69) is 15.6 Å². The highest BCUT2D eigenvalue weighted by molar-refractivity contribution is 5.90. The van der Waals surface area contributed by atoms with Gasteiger partial charge in [0.25, 0.3) is 0 Å². The molecular formula is C13H15FN4O2. The summed E-state index contributed by atoms with van der Waals surface area (Å²) in [6.07, 6.45) is 2.33. The van der Waals surface area contributed by atoms with Gasteiger partial charge >= 0.3 is 0 Å². The molecule has 0 fully saturated rings. The molecule has 0 saturated carbocycles. The molecule has 106 valence electrons. The SMILES string of the molecule is O=C(CCn1cc(CCO)nn1)Nc1cccc(F)c1. The highest BCUT2D eigenvalue weighted by atomic mass is 19.1. The van der Waals surface area contributed by atoms with Gasteiger partial charge in [-0.15, -0.1) is 5.10 Å². The molecule has 0 aliphatic carbocycles. The van der Waals surface area contributed by atoms with E-state index in [1.807, 2.05) is 0 Å². The second-order valence-electron chi connectivity index (χ2n) is 4.26. The molecular weight excluding hydrogens is 263 g/mol. The van der Waals surface area contributed by atoms with E-state index in [0.717, 1.165) is 0 Å². The zero-order valence-electron chi connectivity index (χ0n) is 10.8. The lowest BCUT2D eigenvalue weighted by atomic mass is 10.3. The smallest absolute Gasteiger partial charge is 0.226 e. The average Bonchev–Trinajstić information content (AvgIpc) is 2.85. The molecule has 7 heteroatoms. The van der Waals surface area contributed by atoms with Crippen LogP contribution in [0.3, 0.4) is 0 Å². The van der Waals surface area contributed by atoms with Crippen molar-refractivity contribution in [2.24, 2.45) is 0 Å². The van der Waals surface area contributed by atoms with Crippen LogP contribution in [0.15, 0.2) is 30.5 Å². The third kappa shape index (κ3) is 4.13. The minimum absolute atomic E-state index is 0.0126. The van der Waals surface area contributed by atoms with Crippen molar-refractivity contribution in [3.63, 3.8) is 0 Å². The number of aryl methyl sites for hydroxylation is 1. The van der Waals surface area contributed by atoms with E-state index in [4.69, 9.17) is 5.11 Å². The summed E-state index contributed by atoms with van der Waals surface area (Å²) in [7, 11) is 0. The van der Waals surface area contributed by atoms with Crippen molar-refractivity contribution < 1.29 is 14.3 Å². The Morgan fingerprint density at radius 1 is 1.45 bits per heavy atom. The number of aliphatic hydroxyl groups excluding tert-OH is 1. The number of hydrogen-bond acceptors (Lipinski definition) is 4. The Balaban J connectivity index is 1.82. The van der Waals surface area contributed by atoms with Crippen LogP contribution in [0.2, 0.25) is 0 Å². The Bertz CT molecular complexity index is 585. The molecule has 0 saturated heterocycles. The topological polar surface area (TPSA) is 80.0 Å². The lowest BCUT2D eigenvalue weighted by Gasteiger charge is -2.05. The van der Waals surface area contributed by atoms with Crippen LogP contribution in [-0.2, 0) is 17.8 Å². The van der Waals surface area contributed by atoms with Gasteiger partial charge in [-0.05, 0) is 18.2 Å². The molecule has 0 spiro atoms. The van der Waals surface area contributed by atoms with Crippen LogP contribution >= 0.6 is 0 Å². The first-order valence-electron chi connectivity index (χ1n) is 6.22. The van der Waals surface area contributed by atoms with E-state index in [1.54, 1.807) is 12.3 Å². The summed E-state index contributed by atoms with van der Waals surface area (Å²) in [6.45, 7) is 0.387. The van der Waals surface area contributed by atoms with Crippen molar-refractivity contribution in [3.05, 3.63) is 42.0 Å². The third-order valence-corrected chi connectivity index (χ3v) is 2.63. The number of rotatable bonds is 6. The van der Waals surface area contributed by atoms with E-state index >= 15 is 0 Å². The van der Waals surface area contributed by atoms with Gasteiger partial charge in [0.1, 0.15) is 5.82 Å². The normalized spacial score (nSPS) is 10.5. The van der Waals surface area contributed by atoms with Crippen LogP contribution < -0.4 is 5.32 Å². The van der Waals surface area contributed by atoms with Gasteiger partial charge < -0.3 is 10.4 Å². The van der Waals surface area contributed by atoms with Gasteiger partial charge in [0.05, 0.1) is 12.2 Å². The zero-order chi connectivity index (χ0) is 14.4. The summed E-state index contributed by atoms with van der Waals surface area (Å²) < 4.78 is 14.5. The minimum atomic E-state index is -0.396. The maximum atomic E-state index is 12.9. The maximum absolute atomic E-state index is 12.9. The number of nitrogens with one attached hydrogen (secondary N) is 1. The molecule has 0 bridgehead atoms. The van der Waals surface area contributed by atoms with Crippen LogP contribution in [0.1, 0.15) is 12.1 Å². The Kier molecular flexibility index (Phi) is 4.78. The summed E-state index contributed by atoms with van der Waals surface area (Å²) in [5.41, 5.74) is 1.10. The van der Waals surface area contributed by atoms with Crippen molar-refractivity contribution in [1.29, 1.82) is 0 Å². The second-order valence-corrected chi connectivity index (χ2v) is 4.26. The van der Waals surface area contributed by atoms with Crippen molar-refractivity contribution in [3.8, 4) is 0 Å². The molecule has 1 aromatic heterocycles. The van der Waals surface area contributed by atoms with Gasteiger partial charge in [-0.3, -0.25) is 9.48 Å². The number of carbonyl (C=O) groups excluding carboxylic acids is 1. The molecule has 0 radical (unpaired) electrons. The third-order valence-electron chi connectivity index (χ3n) is 2.63. The largest absolute Gasteiger partial charge is 0.396 e. The Labute approximate surface area is 115 Å². The predicted octanol–water partition coefficient (Wildman–Crippen LogP) is 0.981. The average molecular weight is 278 g/mol. The lowest BCUT2D eigenvalue weighted by Crippen LogP contribution is -2.14. The molecule has 2 rings (SSSR count). The Morgan fingerprint density at radius 3 is 3.05 bits per heavy atom. The molecule has 6 nitrogen and oxygen atoms in total. The molecule has 20 heavy (non-hydrogen) atoms. The second kappa shape index (κ2) is 6.76. The summed E-state index contributed by atoms with van der Waals surface area (Å²) in [5, 5.41) is 19.1. The van der Waals surface area contributed by atoms with E-state index < -0.39 is 5.82 Å². The van der Waals surface area contributed by atoms with Crippen LogP contribution in [0.5, 0.6) is 0 Å². The number of nitrogens with zero attached hydrogens (tertiary/aromatic N) is 3. The summed E-state index contributed by atoms with van der Waals surface area (Å²) in [5.74, 6) is -0.623. The Hall–Kier alpha value is -2.28. The van der Waals surface area contributed by atoms with E-state index in [1.165, 1.54) is 22.9 Å². The molecule has 1 amide bonds. The Morgan fingerprint density at radius 2 is 2.30 bits per heavy atom. The van der Waals surface area contributed by atoms with Gasteiger partial charge in [0.2, 0.25) is 5.91 Å². The van der Waals surface area contributed by atoms with Gasteiger partial charge in [0.15, 0.2) is 0 Å². The molecule has 2 N–H and O–H groups in total. The summed E-state index contributed by atoms with van der Waals surface area (Å²) in [4.78, 5) is 11.7. The first-order chi connectivity index (χ1) is 9.67. The van der Waals surface area contributed by atoms with E-state index in [-0.39, 0.29) is 18.9 Å². The quantitative estimate of drug-likeness (QED) is 0.825. The monoisotopic (exact) mass is 278 g/mol. The molecule has 0 unspecified atom stereocenters. The molecule has 2 aromatic rings. The maximum Gasteiger partial charge on any atom is 0.226 e. The van der Waals surface area contributed by atoms with Gasteiger partial charge in [-0.1, -0.05) is 11.3 Å². The fourth-order valence-corrected chi connectivity index (χ4v) is 1.68. The van der Waals surface area contributed by atoms with E-state index in [0.29, 0.717) is 24.3 Å². The number of anilines is 1. The van der Waals surface area contributed by atoms with Gasteiger partial charge in [-0.25, -0.2) is 4.39 Å². The zero-order valence-corrected chi connectivity index (χ0v) is 10.8. The summed E-state index contributed by atoms with van der Waals surface area (Å²) >= 11 is 0. The first kappa shape index (κ1) is 14.1. The standard InChI is InChI=1S/C13H15FN4O2/c14-10-2-1-3-11(8-10)15-13(20)4-6-18-9-12(5-7-19)16-17-18/h1-3,8-9,19H,4-7H2,(H,15,20). The minimum Gasteiger partial charge on any atom is -0.396 e. The summed E-state index contributed by atoms with van der Waals surface area (Å²) in [6, 6.07) is 5.72. The van der Waals surface area contributed by atoms with Crippen LogP contribution in [0.25, 0.3) is 0 Å². The number of carbonyl (C=O) groups is 1. The predicted molar refractivity (Wildman–Crippen MR) is 70.5 cm³/mol. The number of benzene rings is 1. The number of hydrogen-bond donors (Lipinski definition) is 2.